The van der Waals surface area contributed by atoms with Gasteiger partial charge in [-0.1, -0.05) is 17.7 Å². The summed E-state index contributed by atoms with van der Waals surface area (Å²) in [7, 11) is 1.98. The smallest absolute Gasteiger partial charge is 0.203 e. The number of benzene rings is 1. The Morgan fingerprint density at radius 2 is 2.11 bits per heavy atom. The minimum absolute atomic E-state index is 0.287. The average Bonchev–Trinajstić information content (AvgIpc) is 3.44. The minimum atomic E-state index is -0.287. The molecule has 5 nitrogen and oxygen atoms in total. The van der Waals surface area contributed by atoms with Crippen molar-refractivity contribution in [3.8, 4) is 11.4 Å². The van der Waals surface area contributed by atoms with Gasteiger partial charge in [0.25, 0.3) is 0 Å². The lowest BCUT2D eigenvalue weighted by molar-refractivity contribution is -0.917. The lowest BCUT2D eigenvalue weighted by Gasteiger charge is -2.15. The predicted octanol–water partition coefficient (Wildman–Crippen LogP) is 3.28. The maximum atomic E-state index is 14.1. The third kappa shape index (κ3) is 3.81. The van der Waals surface area contributed by atoms with E-state index in [0.29, 0.717) is 34.6 Å². The second-order valence-electron chi connectivity index (χ2n) is 6.94. The number of rotatable bonds is 6. The highest BCUT2D eigenvalue weighted by Gasteiger charge is 2.29. The van der Waals surface area contributed by atoms with E-state index in [1.54, 1.807) is 24.5 Å². The Morgan fingerprint density at radius 1 is 1.30 bits per heavy atom. The molecule has 4 rings (SSSR count). The van der Waals surface area contributed by atoms with Gasteiger partial charge in [0.15, 0.2) is 12.5 Å². The highest BCUT2D eigenvalue weighted by molar-refractivity contribution is 7.71. The molecule has 1 fully saturated rings. The number of hydrogen-bond acceptors (Lipinski definition) is 3. The van der Waals surface area contributed by atoms with Crippen molar-refractivity contribution >= 4 is 23.8 Å². The van der Waals surface area contributed by atoms with Gasteiger partial charge in [0.2, 0.25) is 4.77 Å². The van der Waals surface area contributed by atoms with Crippen molar-refractivity contribution in [1.82, 2.24) is 19.3 Å². The molecule has 1 aliphatic rings. The first kappa shape index (κ1) is 18.3. The lowest BCUT2D eigenvalue weighted by Crippen LogP contribution is -3.07. The molecule has 0 saturated heterocycles. The Kier molecular flexibility index (Phi) is 5.08. The van der Waals surface area contributed by atoms with E-state index in [1.807, 2.05) is 23.9 Å². The molecule has 1 atom stereocenters. The van der Waals surface area contributed by atoms with Crippen LogP contribution < -0.4 is 4.90 Å². The van der Waals surface area contributed by atoms with Gasteiger partial charge in [0.05, 0.1) is 17.6 Å². The zero-order chi connectivity index (χ0) is 19.0. The van der Waals surface area contributed by atoms with Crippen LogP contribution in [0.25, 0.3) is 11.4 Å². The molecular formula is C19H20ClFN5S+. The van der Waals surface area contributed by atoms with Gasteiger partial charge in [-0.2, -0.15) is 4.68 Å². The van der Waals surface area contributed by atoms with Crippen molar-refractivity contribution in [3.05, 3.63) is 63.9 Å². The monoisotopic (exact) mass is 404 g/mol. The molecule has 3 aromatic rings. The van der Waals surface area contributed by atoms with Gasteiger partial charge in [-0.15, -0.1) is 5.10 Å². The Morgan fingerprint density at radius 3 is 2.78 bits per heavy atom. The van der Waals surface area contributed by atoms with Crippen LogP contribution in [0.2, 0.25) is 5.02 Å². The molecule has 2 heterocycles. The van der Waals surface area contributed by atoms with Gasteiger partial charge in [-0.25, -0.2) is 4.39 Å². The van der Waals surface area contributed by atoms with Gasteiger partial charge in [0.1, 0.15) is 12.4 Å². The number of hydrogen-bond donors (Lipinski definition) is 1. The summed E-state index contributed by atoms with van der Waals surface area (Å²) in [6.45, 7) is 0.974. The quantitative estimate of drug-likeness (QED) is 0.641. The van der Waals surface area contributed by atoms with E-state index < -0.39 is 0 Å². The fourth-order valence-electron chi connectivity index (χ4n) is 3.19. The Balaban J connectivity index is 1.62. The van der Waals surface area contributed by atoms with E-state index in [4.69, 9.17) is 28.9 Å². The van der Waals surface area contributed by atoms with Crippen LogP contribution in [0.15, 0.2) is 42.7 Å². The van der Waals surface area contributed by atoms with E-state index in [1.165, 1.54) is 6.07 Å². The van der Waals surface area contributed by atoms with Crippen LogP contribution in [-0.4, -0.2) is 26.4 Å². The minimum Gasteiger partial charge on any atom is -0.315 e. The number of aromatic nitrogens is 4. The summed E-state index contributed by atoms with van der Waals surface area (Å²) < 4.78 is 18.7. The average molecular weight is 405 g/mol. The number of quaternary nitrogens is 1. The van der Waals surface area contributed by atoms with Crippen molar-refractivity contribution in [3.63, 3.8) is 0 Å². The first-order valence-corrected chi connectivity index (χ1v) is 9.67. The molecule has 1 unspecified atom stereocenters. The topological polar surface area (TPSA) is 40.1 Å². The summed E-state index contributed by atoms with van der Waals surface area (Å²) in [5, 5.41) is 5.20. The number of pyridine rings is 1. The molecule has 0 aliphatic heterocycles. The van der Waals surface area contributed by atoms with E-state index >= 15 is 0 Å². The zero-order valence-corrected chi connectivity index (χ0v) is 16.5. The predicted molar refractivity (Wildman–Crippen MR) is 105 cm³/mol. The van der Waals surface area contributed by atoms with Crippen molar-refractivity contribution < 1.29 is 9.29 Å². The first-order chi connectivity index (χ1) is 13.0. The Labute approximate surface area is 167 Å². The van der Waals surface area contributed by atoms with Crippen molar-refractivity contribution in [1.29, 1.82) is 0 Å². The third-order valence-electron chi connectivity index (χ3n) is 4.66. The molecular weight excluding hydrogens is 385 g/mol. The molecule has 0 spiro atoms. The summed E-state index contributed by atoms with van der Waals surface area (Å²) in [6, 6.07) is 9.05. The normalized spacial score (nSPS) is 15.1. The van der Waals surface area contributed by atoms with E-state index in [9.17, 15) is 4.39 Å². The molecule has 0 bridgehead atoms. The zero-order valence-electron chi connectivity index (χ0n) is 14.9. The van der Waals surface area contributed by atoms with Crippen LogP contribution in [0.1, 0.15) is 24.4 Å². The van der Waals surface area contributed by atoms with Gasteiger partial charge in [-0.05, 0) is 49.3 Å². The van der Waals surface area contributed by atoms with Gasteiger partial charge >= 0.3 is 0 Å². The molecule has 8 heteroatoms. The van der Waals surface area contributed by atoms with E-state index in [2.05, 4.69) is 9.55 Å². The lowest BCUT2D eigenvalue weighted by atomic mass is 10.2. The van der Waals surface area contributed by atoms with Gasteiger partial charge < -0.3 is 4.90 Å². The third-order valence-corrected chi connectivity index (χ3v) is 5.42. The van der Waals surface area contributed by atoms with Gasteiger partial charge in [0, 0.05) is 24.0 Å². The number of halogens is 2. The molecule has 1 N–H and O–H groups in total. The summed E-state index contributed by atoms with van der Waals surface area (Å²) >= 11 is 11.9. The maximum absolute atomic E-state index is 14.1. The molecule has 2 aromatic heterocycles. The summed E-state index contributed by atoms with van der Waals surface area (Å²) in [4.78, 5) is 5.24. The highest BCUT2D eigenvalue weighted by Crippen LogP contribution is 2.38. The van der Waals surface area contributed by atoms with E-state index in [0.717, 1.165) is 29.1 Å². The van der Waals surface area contributed by atoms with Crippen LogP contribution in [-0.2, 0) is 13.2 Å². The second kappa shape index (κ2) is 7.50. The van der Waals surface area contributed by atoms with Crippen LogP contribution in [0.3, 0.4) is 0 Å². The summed E-state index contributed by atoms with van der Waals surface area (Å²) in [5.74, 6) is 0.553. The fourth-order valence-corrected chi connectivity index (χ4v) is 3.76. The Bertz CT molecular complexity index is 992. The highest BCUT2D eigenvalue weighted by atomic mass is 35.5. The van der Waals surface area contributed by atoms with Crippen LogP contribution in [0.4, 0.5) is 4.39 Å². The molecule has 0 amide bonds. The summed E-state index contributed by atoms with van der Waals surface area (Å²) in [5.41, 5.74) is 1.46. The van der Waals surface area contributed by atoms with Crippen molar-refractivity contribution in [2.24, 2.45) is 0 Å². The van der Waals surface area contributed by atoms with Crippen LogP contribution >= 0.6 is 23.8 Å². The van der Waals surface area contributed by atoms with Crippen LogP contribution in [0.5, 0.6) is 0 Å². The standard InChI is InChI=1S/C19H19ClFN5S/c1-24(11-15-16(20)5-2-6-17(15)21)12-25-19(27)26(14-7-8-14)18(23-25)13-4-3-9-22-10-13/h2-6,9-10,14H,7-8,11-12H2,1H3/p+1. The van der Waals surface area contributed by atoms with Crippen LogP contribution in [0, 0.1) is 10.6 Å². The summed E-state index contributed by atoms with van der Waals surface area (Å²) in [6.07, 6.45) is 5.77. The first-order valence-electron chi connectivity index (χ1n) is 8.88. The SMILES string of the molecule is C[NH+](Cc1c(F)cccc1Cl)Cn1nc(-c2cccnc2)n(C2CC2)c1=S. The molecule has 1 aliphatic carbocycles. The molecule has 1 saturated carbocycles. The molecule has 1 aromatic carbocycles. The number of nitrogens with zero attached hydrogens (tertiary/aromatic N) is 4. The Hall–Kier alpha value is -2.09. The largest absolute Gasteiger partial charge is 0.315 e. The molecule has 0 radical (unpaired) electrons. The van der Waals surface area contributed by atoms with Gasteiger partial charge in [-0.3, -0.25) is 9.55 Å². The van der Waals surface area contributed by atoms with Crippen molar-refractivity contribution in [2.75, 3.05) is 7.05 Å². The molecule has 140 valence electrons. The van der Waals surface area contributed by atoms with Crippen molar-refractivity contribution in [2.45, 2.75) is 32.1 Å². The maximum Gasteiger partial charge on any atom is 0.203 e. The fraction of sp³-hybridized carbons (Fsp3) is 0.316. The second-order valence-corrected chi connectivity index (χ2v) is 7.71. The number of nitrogens with one attached hydrogen (secondary N) is 1. The molecule has 27 heavy (non-hydrogen) atoms. The van der Waals surface area contributed by atoms with E-state index in [-0.39, 0.29) is 5.82 Å².